The summed E-state index contributed by atoms with van der Waals surface area (Å²) in [4.78, 5) is 64.1. The standard InChI is InChI=1S/C30H44N4O7/c1-7-12-22(27(37)33-23(24(35)8-2)17-21-15-16-31-26(21)36)32-28(38)25(19(3)41-30(4,5)6)34-29(39)40-18-20-13-10-9-11-14-20/h8-11,13-14,19,21-23,25H,2,7,12,15-18H2,1,3-6H3,(H,31,36)(H,32,38)(H,33,37)(H,34,39)/t19?,21-,22-,23-,25-/m0/s1. The molecule has 1 fully saturated rings. The van der Waals surface area contributed by atoms with Crippen molar-refractivity contribution in [3.8, 4) is 0 Å². The summed E-state index contributed by atoms with van der Waals surface area (Å²) in [5.74, 6) is -2.22. The Kier molecular flexibility index (Phi) is 13.0. The van der Waals surface area contributed by atoms with E-state index in [2.05, 4.69) is 27.8 Å². The number of ketones is 1. The van der Waals surface area contributed by atoms with Crippen molar-refractivity contribution in [2.75, 3.05) is 6.54 Å². The fourth-order valence-corrected chi connectivity index (χ4v) is 4.55. The van der Waals surface area contributed by atoms with Crippen LogP contribution in [-0.4, -0.2) is 66.0 Å². The zero-order valence-corrected chi connectivity index (χ0v) is 24.7. The quantitative estimate of drug-likeness (QED) is 0.236. The second kappa shape index (κ2) is 15.9. The molecule has 0 saturated carbocycles. The predicted octanol–water partition coefficient (Wildman–Crippen LogP) is 2.54. The summed E-state index contributed by atoms with van der Waals surface area (Å²) in [5, 5.41) is 10.7. The largest absolute Gasteiger partial charge is 0.445 e. The first-order valence-corrected chi connectivity index (χ1v) is 14.0. The summed E-state index contributed by atoms with van der Waals surface area (Å²) < 4.78 is 11.3. The third-order valence-corrected chi connectivity index (χ3v) is 6.53. The molecule has 4 N–H and O–H groups in total. The molecular formula is C30H44N4O7. The zero-order valence-electron chi connectivity index (χ0n) is 24.7. The van der Waals surface area contributed by atoms with Gasteiger partial charge in [0.25, 0.3) is 0 Å². The van der Waals surface area contributed by atoms with Crippen LogP contribution in [-0.2, 0) is 35.3 Å². The Morgan fingerprint density at radius 2 is 1.73 bits per heavy atom. The molecule has 1 aliphatic heterocycles. The molecule has 0 spiro atoms. The Balaban J connectivity index is 2.15. The molecule has 2 rings (SSSR count). The molecule has 0 bridgehead atoms. The molecular weight excluding hydrogens is 528 g/mol. The first kappa shape index (κ1) is 33.5. The van der Waals surface area contributed by atoms with Gasteiger partial charge in [-0.15, -0.1) is 0 Å². The molecule has 0 aliphatic carbocycles. The van der Waals surface area contributed by atoms with Crippen LogP contribution < -0.4 is 21.3 Å². The molecule has 1 aliphatic rings. The molecule has 5 atom stereocenters. The maximum atomic E-state index is 13.5. The van der Waals surface area contributed by atoms with Gasteiger partial charge in [0.2, 0.25) is 17.7 Å². The summed E-state index contributed by atoms with van der Waals surface area (Å²) in [6.45, 7) is 13.0. The Hall–Kier alpha value is -3.73. The van der Waals surface area contributed by atoms with Crippen molar-refractivity contribution in [2.45, 2.75) is 96.7 Å². The van der Waals surface area contributed by atoms with E-state index in [4.69, 9.17) is 9.47 Å². The molecule has 4 amide bonds. The number of alkyl carbamates (subject to hydrolysis) is 1. The van der Waals surface area contributed by atoms with E-state index in [1.807, 2.05) is 45.9 Å². The molecule has 11 nitrogen and oxygen atoms in total. The average molecular weight is 573 g/mol. The van der Waals surface area contributed by atoms with Gasteiger partial charge in [-0.1, -0.05) is 50.3 Å². The third kappa shape index (κ3) is 11.3. The zero-order chi connectivity index (χ0) is 30.6. The Morgan fingerprint density at radius 1 is 1.07 bits per heavy atom. The highest BCUT2D eigenvalue weighted by molar-refractivity contribution is 5.98. The van der Waals surface area contributed by atoms with Crippen LogP contribution in [0.15, 0.2) is 43.0 Å². The van der Waals surface area contributed by atoms with Gasteiger partial charge in [0.1, 0.15) is 18.7 Å². The molecule has 41 heavy (non-hydrogen) atoms. The lowest BCUT2D eigenvalue weighted by Gasteiger charge is -2.31. The van der Waals surface area contributed by atoms with Crippen molar-refractivity contribution < 1.29 is 33.4 Å². The number of carbonyl (C=O) groups is 5. The fraction of sp³-hybridized carbons (Fsp3) is 0.567. The smallest absolute Gasteiger partial charge is 0.408 e. The monoisotopic (exact) mass is 572 g/mol. The highest BCUT2D eigenvalue weighted by Crippen LogP contribution is 2.18. The summed E-state index contributed by atoms with van der Waals surface area (Å²) in [6.07, 6.45) is 1.03. The van der Waals surface area contributed by atoms with Gasteiger partial charge in [-0.2, -0.15) is 0 Å². The Labute approximate surface area is 242 Å². The number of nitrogens with one attached hydrogen (secondary N) is 4. The van der Waals surface area contributed by atoms with Crippen molar-refractivity contribution in [1.82, 2.24) is 21.3 Å². The topological polar surface area (TPSA) is 152 Å². The predicted molar refractivity (Wildman–Crippen MR) is 154 cm³/mol. The molecule has 11 heteroatoms. The summed E-state index contributed by atoms with van der Waals surface area (Å²) in [5.41, 5.74) is 0.152. The molecule has 0 aromatic heterocycles. The van der Waals surface area contributed by atoms with Gasteiger partial charge >= 0.3 is 6.09 Å². The van der Waals surface area contributed by atoms with E-state index in [1.165, 1.54) is 0 Å². The number of amides is 4. The lowest BCUT2D eigenvalue weighted by atomic mass is 9.95. The number of benzene rings is 1. The van der Waals surface area contributed by atoms with E-state index in [1.54, 1.807) is 19.1 Å². The van der Waals surface area contributed by atoms with Crippen molar-refractivity contribution in [3.63, 3.8) is 0 Å². The number of carbonyl (C=O) groups excluding carboxylic acids is 5. The maximum Gasteiger partial charge on any atom is 0.408 e. The molecule has 1 unspecified atom stereocenters. The number of hydrogen-bond donors (Lipinski definition) is 4. The van der Waals surface area contributed by atoms with Gasteiger partial charge in [0.05, 0.1) is 17.7 Å². The van der Waals surface area contributed by atoms with E-state index in [-0.39, 0.29) is 25.4 Å². The first-order valence-electron chi connectivity index (χ1n) is 14.0. The summed E-state index contributed by atoms with van der Waals surface area (Å²) in [7, 11) is 0. The molecule has 0 radical (unpaired) electrons. The highest BCUT2D eigenvalue weighted by atomic mass is 16.6. The first-order chi connectivity index (χ1) is 19.3. The summed E-state index contributed by atoms with van der Waals surface area (Å²) >= 11 is 0. The van der Waals surface area contributed by atoms with Crippen molar-refractivity contribution in [3.05, 3.63) is 48.6 Å². The minimum atomic E-state index is -1.18. The normalized spacial score (nSPS) is 17.8. The van der Waals surface area contributed by atoms with Crippen LogP contribution in [0.3, 0.4) is 0 Å². The van der Waals surface area contributed by atoms with Crippen LogP contribution in [0.4, 0.5) is 4.79 Å². The average Bonchev–Trinajstić information content (AvgIpc) is 3.32. The Morgan fingerprint density at radius 3 is 2.29 bits per heavy atom. The second-order valence-corrected chi connectivity index (χ2v) is 11.1. The highest BCUT2D eigenvalue weighted by Gasteiger charge is 2.35. The molecule has 226 valence electrons. The van der Waals surface area contributed by atoms with Crippen LogP contribution in [0.25, 0.3) is 0 Å². The molecule has 1 saturated heterocycles. The van der Waals surface area contributed by atoms with Crippen molar-refractivity contribution in [1.29, 1.82) is 0 Å². The number of rotatable bonds is 15. The van der Waals surface area contributed by atoms with Gasteiger partial charge in [-0.05, 0) is 58.6 Å². The van der Waals surface area contributed by atoms with Crippen molar-refractivity contribution in [2.24, 2.45) is 5.92 Å². The SMILES string of the molecule is C=CC(=O)[C@H](C[C@@H]1CCNC1=O)NC(=O)[C@H](CCC)NC(=O)[C@@H](NC(=O)OCc1ccccc1)C(C)OC(C)(C)C. The molecule has 1 aromatic carbocycles. The molecule has 1 heterocycles. The minimum Gasteiger partial charge on any atom is -0.445 e. The van der Waals surface area contributed by atoms with Gasteiger partial charge in [0.15, 0.2) is 5.78 Å². The fourth-order valence-electron chi connectivity index (χ4n) is 4.55. The van der Waals surface area contributed by atoms with E-state index in [0.717, 1.165) is 11.6 Å². The number of ether oxygens (including phenoxy) is 2. The van der Waals surface area contributed by atoms with Gasteiger partial charge < -0.3 is 30.7 Å². The minimum absolute atomic E-state index is 0.00806. The Bertz CT molecular complexity index is 1070. The third-order valence-electron chi connectivity index (χ3n) is 6.53. The van der Waals surface area contributed by atoms with Crippen molar-refractivity contribution >= 4 is 29.6 Å². The summed E-state index contributed by atoms with van der Waals surface area (Å²) in [6, 6.07) is 5.95. The van der Waals surface area contributed by atoms with Crippen LogP contribution in [0.5, 0.6) is 0 Å². The maximum absolute atomic E-state index is 13.5. The lowest BCUT2D eigenvalue weighted by Crippen LogP contribution is -2.59. The van der Waals surface area contributed by atoms with Gasteiger partial charge in [0, 0.05) is 12.5 Å². The lowest BCUT2D eigenvalue weighted by molar-refractivity contribution is -0.136. The van der Waals surface area contributed by atoms with Gasteiger partial charge in [-0.3, -0.25) is 19.2 Å². The van der Waals surface area contributed by atoms with Crippen LogP contribution in [0.1, 0.15) is 65.9 Å². The number of hydrogen-bond acceptors (Lipinski definition) is 7. The van der Waals surface area contributed by atoms with Crippen LogP contribution in [0.2, 0.25) is 0 Å². The van der Waals surface area contributed by atoms with E-state index >= 15 is 0 Å². The van der Waals surface area contributed by atoms with E-state index < -0.39 is 59.4 Å². The van der Waals surface area contributed by atoms with Crippen LogP contribution in [0, 0.1) is 5.92 Å². The van der Waals surface area contributed by atoms with Crippen LogP contribution >= 0.6 is 0 Å². The second-order valence-electron chi connectivity index (χ2n) is 11.1. The molecule has 1 aromatic rings. The van der Waals surface area contributed by atoms with Gasteiger partial charge in [-0.25, -0.2) is 4.79 Å². The van der Waals surface area contributed by atoms with E-state index in [9.17, 15) is 24.0 Å². The van der Waals surface area contributed by atoms with E-state index in [0.29, 0.717) is 19.4 Å².